The number of hydrogen-bond acceptors (Lipinski definition) is 6. The summed E-state index contributed by atoms with van der Waals surface area (Å²) in [5, 5.41) is 41.6. The molecule has 0 spiro atoms. The van der Waals surface area contributed by atoms with Crippen LogP contribution in [0.1, 0.15) is 65.2 Å². The molecule has 0 heterocycles. The Hall–Kier alpha value is -3.96. The van der Waals surface area contributed by atoms with E-state index in [1.165, 1.54) is 12.1 Å². The van der Waals surface area contributed by atoms with Crippen LogP contribution in [0.3, 0.4) is 0 Å². The standard InChI is InChI=1S/2C16H16O3.Zn/c2*1-10-6-11(2)8-12(7-10)9-13-4-3-5-14(15(13)17)16(18)19;/h2*3-8,17H,9H2,1-2H3,(H,18,19);/q;;+2/p-2. The first-order chi connectivity index (χ1) is 17.9. The predicted octanol–water partition coefficient (Wildman–Crippen LogP) is 3.92. The molecule has 0 saturated carbocycles. The number of benzene rings is 4. The van der Waals surface area contributed by atoms with Gasteiger partial charge in [-0.25, -0.2) is 0 Å². The molecule has 0 amide bonds. The fourth-order valence-corrected chi connectivity index (χ4v) is 4.58. The summed E-state index contributed by atoms with van der Waals surface area (Å²) in [4.78, 5) is 21.7. The first kappa shape index (κ1) is 31.3. The molecule has 0 saturated heterocycles. The van der Waals surface area contributed by atoms with Crippen LogP contribution in [0.5, 0.6) is 11.5 Å². The third kappa shape index (κ3) is 8.52. The molecule has 0 aliphatic heterocycles. The van der Waals surface area contributed by atoms with Gasteiger partial charge in [-0.15, -0.1) is 0 Å². The second-order valence-electron chi connectivity index (χ2n) is 9.55. The maximum atomic E-state index is 10.9. The summed E-state index contributed by atoms with van der Waals surface area (Å²) in [6, 6.07) is 21.6. The Bertz CT molecular complexity index is 1340. The number of carboxylic acid groups (broad SMARTS) is 2. The van der Waals surface area contributed by atoms with E-state index in [0.717, 1.165) is 33.4 Å². The summed E-state index contributed by atoms with van der Waals surface area (Å²) in [6.07, 6.45) is 0.991. The van der Waals surface area contributed by atoms with E-state index < -0.39 is 11.9 Å². The maximum absolute atomic E-state index is 10.9. The second-order valence-corrected chi connectivity index (χ2v) is 9.55. The Morgan fingerprint density at radius 3 is 1.18 bits per heavy atom. The van der Waals surface area contributed by atoms with Gasteiger partial charge in [-0.1, -0.05) is 82.9 Å². The van der Waals surface area contributed by atoms with Gasteiger partial charge in [-0.3, -0.25) is 0 Å². The molecule has 0 aliphatic carbocycles. The van der Waals surface area contributed by atoms with E-state index in [-0.39, 0.29) is 42.1 Å². The van der Waals surface area contributed by atoms with Crippen molar-refractivity contribution in [2.75, 3.05) is 0 Å². The van der Waals surface area contributed by atoms with Crippen LogP contribution in [0.15, 0.2) is 72.8 Å². The van der Waals surface area contributed by atoms with E-state index in [2.05, 4.69) is 12.1 Å². The van der Waals surface area contributed by atoms with E-state index in [9.17, 15) is 30.0 Å². The second kappa shape index (κ2) is 13.7. The third-order valence-corrected chi connectivity index (χ3v) is 6.03. The molecular formula is C32H30O6Zn. The number of rotatable bonds is 6. The summed E-state index contributed by atoms with van der Waals surface area (Å²) < 4.78 is 0. The van der Waals surface area contributed by atoms with Crippen molar-refractivity contribution in [2.24, 2.45) is 0 Å². The minimum atomic E-state index is -1.36. The Morgan fingerprint density at radius 1 is 0.590 bits per heavy atom. The number of carbonyl (C=O) groups is 2. The van der Waals surface area contributed by atoms with Gasteiger partial charge in [0.2, 0.25) is 0 Å². The number of para-hydroxylation sites is 2. The summed E-state index contributed by atoms with van der Waals surface area (Å²) in [7, 11) is 0. The van der Waals surface area contributed by atoms with Crippen molar-refractivity contribution >= 4 is 11.9 Å². The minimum Gasteiger partial charge on any atom is -0.545 e. The third-order valence-electron chi connectivity index (χ3n) is 6.03. The zero-order valence-corrected chi connectivity index (χ0v) is 25.5. The summed E-state index contributed by atoms with van der Waals surface area (Å²) in [6.45, 7) is 8.03. The molecule has 0 atom stereocenters. The van der Waals surface area contributed by atoms with Gasteiger partial charge < -0.3 is 30.0 Å². The molecule has 0 unspecified atom stereocenters. The zero-order valence-electron chi connectivity index (χ0n) is 22.6. The topological polar surface area (TPSA) is 121 Å². The van der Waals surface area contributed by atoms with E-state index in [1.54, 1.807) is 24.3 Å². The number of aromatic hydroxyl groups is 2. The van der Waals surface area contributed by atoms with Crippen molar-refractivity contribution in [3.8, 4) is 11.5 Å². The molecule has 39 heavy (non-hydrogen) atoms. The Morgan fingerprint density at radius 2 is 0.897 bits per heavy atom. The van der Waals surface area contributed by atoms with Crippen LogP contribution in [0.25, 0.3) is 0 Å². The smallest absolute Gasteiger partial charge is 0.545 e. The normalized spacial score (nSPS) is 10.2. The summed E-state index contributed by atoms with van der Waals surface area (Å²) >= 11 is 0. The Labute approximate surface area is 241 Å². The molecule has 0 radical (unpaired) electrons. The minimum absolute atomic E-state index is 0. The molecule has 196 valence electrons. The SMILES string of the molecule is Cc1cc(C)cc(Cc2cccc(C(=O)[O-])c2O)c1.Cc1cc(C)cc(Cc2cccc(C(=O)[O-])c2O)c1.[Zn+2]. The molecule has 6 nitrogen and oxygen atoms in total. The fourth-order valence-electron chi connectivity index (χ4n) is 4.58. The van der Waals surface area contributed by atoms with Crippen LogP contribution in [-0.2, 0) is 32.3 Å². The molecular weight excluding hydrogens is 546 g/mol. The van der Waals surface area contributed by atoms with E-state index in [1.807, 2.05) is 52.0 Å². The maximum Gasteiger partial charge on any atom is 2.00 e. The van der Waals surface area contributed by atoms with Crippen molar-refractivity contribution in [2.45, 2.75) is 40.5 Å². The predicted molar refractivity (Wildman–Crippen MR) is 142 cm³/mol. The molecule has 2 N–H and O–H groups in total. The Balaban J connectivity index is 0.000000267. The van der Waals surface area contributed by atoms with Crippen molar-refractivity contribution in [1.82, 2.24) is 0 Å². The number of aromatic carboxylic acids is 2. The quantitative estimate of drug-likeness (QED) is 0.336. The monoisotopic (exact) mass is 574 g/mol. The summed E-state index contributed by atoms with van der Waals surface area (Å²) in [5.74, 6) is -3.14. The summed E-state index contributed by atoms with van der Waals surface area (Å²) in [5.41, 5.74) is 7.51. The van der Waals surface area contributed by atoms with Gasteiger partial charge in [-0.05, 0) is 62.1 Å². The van der Waals surface area contributed by atoms with E-state index in [4.69, 9.17) is 0 Å². The van der Waals surface area contributed by atoms with Gasteiger partial charge in [0.05, 0.1) is 11.9 Å². The molecule has 0 aliphatic rings. The van der Waals surface area contributed by atoms with Crippen LogP contribution in [0.4, 0.5) is 0 Å². The van der Waals surface area contributed by atoms with Gasteiger partial charge in [0.1, 0.15) is 11.5 Å². The van der Waals surface area contributed by atoms with Crippen LogP contribution in [-0.4, -0.2) is 22.2 Å². The first-order valence-corrected chi connectivity index (χ1v) is 12.1. The van der Waals surface area contributed by atoms with E-state index >= 15 is 0 Å². The fraction of sp³-hybridized carbons (Fsp3) is 0.188. The van der Waals surface area contributed by atoms with Gasteiger partial charge >= 0.3 is 19.5 Å². The molecule has 7 heteroatoms. The van der Waals surface area contributed by atoms with E-state index in [0.29, 0.717) is 24.0 Å². The molecule has 0 aromatic heterocycles. The Kier molecular flexibility index (Phi) is 11.0. The number of carbonyl (C=O) groups excluding carboxylic acids is 2. The molecule has 4 aromatic rings. The number of aryl methyl sites for hydroxylation is 4. The van der Waals surface area contributed by atoms with Gasteiger partial charge in [-0.2, -0.15) is 0 Å². The van der Waals surface area contributed by atoms with Crippen molar-refractivity contribution in [1.29, 1.82) is 0 Å². The van der Waals surface area contributed by atoms with Gasteiger partial charge in [0.15, 0.2) is 0 Å². The van der Waals surface area contributed by atoms with Crippen molar-refractivity contribution in [3.63, 3.8) is 0 Å². The largest absolute Gasteiger partial charge is 2.00 e. The first-order valence-electron chi connectivity index (χ1n) is 12.1. The van der Waals surface area contributed by atoms with Crippen molar-refractivity contribution < 1.29 is 49.5 Å². The zero-order chi connectivity index (χ0) is 28.0. The number of carboxylic acids is 2. The number of hydrogen-bond donors (Lipinski definition) is 2. The molecule has 0 fully saturated rings. The van der Waals surface area contributed by atoms with Crippen LogP contribution in [0.2, 0.25) is 0 Å². The van der Waals surface area contributed by atoms with Gasteiger partial charge in [0, 0.05) is 24.0 Å². The van der Waals surface area contributed by atoms with Crippen LogP contribution >= 0.6 is 0 Å². The van der Waals surface area contributed by atoms with Crippen LogP contribution in [0, 0.1) is 27.7 Å². The molecule has 0 bridgehead atoms. The number of phenols is 2. The molecule has 4 rings (SSSR count). The molecule has 4 aromatic carbocycles. The van der Waals surface area contributed by atoms with Gasteiger partial charge in [0.25, 0.3) is 0 Å². The average molecular weight is 576 g/mol. The average Bonchev–Trinajstić information content (AvgIpc) is 2.80. The van der Waals surface area contributed by atoms with Crippen LogP contribution < -0.4 is 10.2 Å². The van der Waals surface area contributed by atoms with Crippen molar-refractivity contribution in [3.05, 3.63) is 128 Å².